The zero-order valence-electron chi connectivity index (χ0n) is 14.0. The van der Waals surface area contributed by atoms with Crippen molar-refractivity contribution in [2.24, 2.45) is 0 Å². The Bertz CT molecular complexity index is 617. The number of benzene rings is 1. The standard InChI is InChI=1S/C16H25FN2O3S/c1-5-7-12(3)18-16(20)15(6-2)19(23(4,21)22)14-10-8-13(17)9-11-14/h8-12,15H,5-7H2,1-4H3,(H,18,20). The van der Waals surface area contributed by atoms with E-state index in [4.69, 9.17) is 0 Å². The smallest absolute Gasteiger partial charge is 0.244 e. The van der Waals surface area contributed by atoms with Gasteiger partial charge >= 0.3 is 0 Å². The third-order valence-electron chi connectivity index (χ3n) is 3.52. The second kappa shape index (κ2) is 8.29. The highest BCUT2D eigenvalue weighted by Gasteiger charge is 2.31. The summed E-state index contributed by atoms with van der Waals surface area (Å²) in [6.07, 6.45) is 3.10. The van der Waals surface area contributed by atoms with Gasteiger partial charge in [0.15, 0.2) is 0 Å². The molecular weight excluding hydrogens is 319 g/mol. The number of amides is 1. The van der Waals surface area contributed by atoms with E-state index in [-0.39, 0.29) is 17.6 Å². The summed E-state index contributed by atoms with van der Waals surface area (Å²) in [5, 5.41) is 2.85. The van der Waals surface area contributed by atoms with Crippen LogP contribution in [0.5, 0.6) is 0 Å². The molecule has 23 heavy (non-hydrogen) atoms. The highest BCUT2D eigenvalue weighted by Crippen LogP contribution is 2.23. The summed E-state index contributed by atoms with van der Waals surface area (Å²) in [5.41, 5.74) is 0.277. The van der Waals surface area contributed by atoms with Gasteiger partial charge in [-0.3, -0.25) is 9.10 Å². The molecule has 2 unspecified atom stereocenters. The monoisotopic (exact) mass is 344 g/mol. The molecule has 0 aliphatic rings. The van der Waals surface area contributed by atoms with Crippen LogP contribution in [-0.2, 0) is 14.8 Å². The van der Waals surface area contributed by atoms with Crippen molar-refractivity contribution in [3.8, 4) is 0 Å². The van der Waals surface area contributed by atoms with Gasteiger partial charge in [0.2, 0.25) is 15.9 Å². The van der Waals surface area contributed by atoms with Gasteiger partial charge in [-0.1, -0.05) is 20.3 Å². The fourth-order valence-electron chi connectivity index (χ4n) is 2.49. The van der Waals surface area contributed by atoms with Crippen molar-refractivity contribution in [3.05, 3.63) is 30.1 Å². The molecular formula is C16H25FN2O3S. The van der Waals surface area contributed by atoms with Crippen LogP contribution in [0.15, 0.2) is 24.3 Å². The number of nitrogens with one attached hydrogen (secondary N) is 1. The molecule has 1 aromatic carbocycles. The maximum absolute atomic E-state index is 13.1. The molecule has 1 N–H and O–H groups in total. The Morgan fingerprint density at radius 2 is 1.83 bits per heavy atom. The minimum absolute atomic E-state index is 0.0313. The number of anilines is 1. The van der Waals surface area contributed by atoms with E-state index < -0.39 is 21.9 Å². The van der Waals surface area contributed by atoms with Crippen molar-refractivity contribution in [1.29, 1.82) is 0 Å². The summed E-state index contributed by atoms with van der Waals surface area (Å²) >= 11 is 0. The summed E-state index contributed by atoms with van der Waals surface area (Å²) in [5.74, 6) is -0.806. The van der Waals surface area contributed by atoms with Crippen LogP contribution in [0.1, 0.15) is 40.0 Å². The van der Waals surface area contributed by atoms with Gasteiger partial charge in [0.05, 0.1) is 11.9 Å². The van der Waals surface area contributed by atoms with Crippen molar-refractivity contribution >= 4 is 21.6 Å². The van der Waals surface area contributed by atoms with Crippen molar-refractivity contribution in [3.63, 3.8) is 0 Å². The zero-order chi connectivity index (χ0) is 17.6. The average molecular weight is 344 g/mol. The van der Waals surface area contributed by atoms with Crippen molar-refractivity contribution < 1.29 is 17.6 Å². The number of hydrogen-bond donors (Lipinski definition) is 1. The first-order valence-electron chi connectivity index (χ1n) is 7.76. The van der Waals surface area contributed by atoms with E-state index in [1.165, 1.54) is 24.3 Å². The van der Waals surface area contributed by atoms with Crippen LogP contribution in [0.25, 0.3) is 0 Å². The lowest BCUT2D eigenvalue weighted by Crippen LogP contribution is -2.51. The maximum atomic E-state index is 13.1. The van der Waals surface area contributed by atoms with Crippen molar-refractivity contribution in [2.75, 3.05) is 10.6 Å². The minimum Gasteiger partial charge on any atom is -0.352 e. The van der Waals surface area contributed by atoms with E-state index in [1.807, 2.05) is 13.8 Å². The van der Waals surface area contributed by atoms with Gasteiger partial charge < -0.3 is 5.32 Å². The van der Waals surface area contributed by atoms with Gasteiger partial charge in [0.25, 0.3) is 0 Å². The van der Waals surface area contributed by atoms with E-state index in [9.17, 15) is 17.6 Å². The largest absolute Gasteiger partial charge is 0.352 e. The van der Waals surface area contributed by atoms with E-state index >= 15 is 0 Å². The Labute approximate surface area is 137 Å². The minimum atomic E-state index is -3.69. The second-order valence-corrected chi connectivity index (χ2v) is 7.52. The molecule has 0 saturated heterocycles. The Balaban J connectivity index is 3.13. The van der Waals surface area contributed by atoms with Gasteiger partial charge in [-0.05, 0) is 44.0 Å². The topological polar surface area (TPSA) is 66.5 Å². The van der Waals surface area contributed by atoms with Crippen LogP contribution < -0.4 is 9.62 Å². The number of sulfonamides is 1. The molecule has 1 amide bonds. The molecule has 0 bridgehead atoms. The Morgan fingerprint density at radius 3 is 2.26 bits per heavy atom. The lowest BCUT2D eigenvalue weighted by atomic mass is 10.1. The van der Waals surface area contributed by atoms with E-state index in [2.05, 4.69) is 5.32 Å². The molecule has 2 atom stereocenters. The SMILES string of the molecule is CCCC(C)NC(=O)C(CC)N(c1ccc(F)cc1)S(C)(=O)=O. The molecule has 0 saturated carbocycles. The second-order valence-electron chi connectivity index (χ2n) is 5.66. The number of halogens is 1. The molecule has 0 aliphatic carbocycles. The summed E-state index contributed by atoms with van der Waals surface area (Å²) in [4.78, 5) is 12.5. The molecule has 7 heteroatoms. The molecule has 0 heterocycles. The third kappa shape index (κ3) is 5.49. The summed E-state index contributed by atoms with van der Waals surface area (Å²) in [6, 6.07) is 4.19. The van der Waals surface area contributed by atoms with Crippen LogP contribution in [0.3, 0.4) is 0 Å². The average Bonchev–Trinajstić information content (AvgIpc) is 2.44. The first-order chi connectivity index (χ1) is 10.7. The molecule has 0 spiro atoms. The number of rotatable bonds is 8. The number of carbonyl (C=O) groups excluding carboxylic acids is 1. The van der Waals surface area contributed by atoms with Gasteiger partial charge in [-0.25, -0.2) is 12.8 Å². The molecule has 0 aromatic heterocycles. The third-order valence-corrected chi connectivity index (χ3v) is 4.70. The quantitative estimate of drug-likeness (QED) is 0.788. The van der Waals surface area contributed by atoms with Crippen LogP contribution in [-0.4, -0.2) is 32.7 Å². The van der Waals surface area contributed by atoms with Crippen molar-refractivity contribution in [2.45, 2.75) is 52.1 Å². The van der Waals surface area contributed by atoms with E-state index in [1.54, 1.807) is 6.92 Å². The van der Waals surface area contributed by atoms with Crippen molar-refractivity contribution in [1.82, 2.24) is 5.32 Å². The fraction of sp³-hybridized carbons (Fsp3) is 0.562. The molecule has 5 nitrogen and oxygen atoms in total. The predicted molar refractivity (Wildman–Crippen MR) is 90.3 cm³/mol. The highest BCUT2D eigenvalue weighted by atomic mass is 32.2. The first kappa shape index (κ1) is 19.4. The highest BCUT2D eigenvalue weighted by molar-refractivity contribution is 7.92. The lowest BCUT2D eigenvalue weighted by Gasteiger charge is -2.31. The van der Waals surface area contributed by atoms with Crippen LogP contribution in [0, 0.1) is 5.82 Å². The van der Waals surface area contributed by atoms with Gasteiger partial charge in [-0.2, -0.15) is 0 Å². The maximum Gasteiger partial charge on any atom is 0.244 e. The van der Waals surface area contributed by atoms with E-state index in [0.29, 0.717) is 6.42 Å². The normalized spacial score (nSPS) is 14.1. The summed E-state index contributed by atoms with van der Waals surface area (Å²) in [6.45, 7) is 5.65. The fourth-order valence-corrected chi connectivity index (χ4v) is 3.70. The summed E-state index contributed by atoms with van der Waals surface area (Å²) < 4.78 is 38.5. The van der Waals surface area contributed by atoms with Crippen LogP contribution in [0.2, 0.25) is 0 Å². The molecule has 0 radical (unpaired) electrons. The number of nitrogens with zero attached hydrogens (tertiary/aromatic N) is 1. The Hall–Kier alpha value is -1.63. The van der Waals surface area contributed by atoms with E-state index in [0.717, 1.165) is 23.4 Å². The zero-order valence-corrected chi connectivity index (χ0v) is 14.9. The first-order valence-corrected chi connectivity index (χ1v) is 9.60. The van der Waals surface area contributed by atoms with Crippen LogP contribution in [0.4, 0.5) is 10.1 Å². The molecule has 130 valence electrons. The summed E-state index contributed by atoms with van der Waals surface area (Å²) in [7, 11) is -3.69. The Morgan fingerprint density at radius 1 is 1.26 bits per heavy atom. The van der Waals surface area contributed by atoms with Gasteiger partial charge in [0, 0.05) is 6.04 Å². The van der Waals surface area contributed by atoms with Gasteiger partial charge in [0.1, 0.15) is 11.9 Å². The number of hydrogen-bond acceptors (Lipinski definition) is 3. The van der Waals surface area contributed by atoms with Crippen LogP contribution >= 0.6 is 0 Å². The molecule has 0 aliphatic heterocycles. The van der Waals surface area contributed by atoms with Gasteiger partial charge in [-0.15, -0.1) is 0 Å². The lowest BCUT2D eigenvalue weighted by molar-refractivity contribution is -0.122. The molecule has 1 aromatic rings. The number of carbonyl (C=O) groups is 1. The Kier molecular flexibility index (Phi) is 7.00. The molecule has 1 rings (SSSR count). The predicted octanol–water partition coefficient (Wildman–Crippen LogP) is 2.68. The molecule has 0 fully saturated rings.